The van der Waals surface area contributed by atoms with Crippen molar-refractivity contribution in [2.24, 2.45) is 0 Å². The molecule has 0 unspecified atom stereocenters. The first kappa shape index (κ1) is 13.3. The van der Waals surface area contributed by atoms with Gasteiger partial charge in [-0.25, -0.2) is 13.1 Å². The molecule has 7 heteroatoms. The van der Waals surface area contributed by atoms with Crippen LogP contribution in [0.3, 0.4) is 0 Å². The van der Waals surface area contributed by atoms with Gasteiger partial charge in [0.25, 0.3) is 0 Å². The van der Waals surface area contributed by atoms with Crippen LogP contribution in [0.2, 0.25) is 0 Å². The number of thiophene rings is 1. The molecule has 98 valence electrons. The van der Waals surface area contributed by atoms with Crippen molar-refractivity contribution in [3.05, 3.63) is 34.3 Å². The standard InChI is InChI=1S/C11H15N3O2S2/c1-3-14-8-11(9(2)13-14)18(15,16)12-7-10-5-4-6-17-10/h4-6,8,12H,3,7H2,1-2H3. The third kappa shape index (κ3) is 2.80. The highest BCUT2D eigenvalue weighted by Crippen LogP contribution is 2.15. The van der Waals surface area contributed by atoms with Gasteiger partial charge >= 0.3 is 0 Å². The van der Waals surface area contributed by atoms with E-state index in [1.165, 1.54) is 11.3 Å². The summed E-state index contributed by atoms with van der Waals surface area (Å²) in [6, 6.07) is 3.80. The van der Waals surface area contributed by atoms with Gasteiger partial charge in [-0.2, -0.15) is 5.10 Å². The third-order valence-electron chi connectivity index (χ3n) is 2.53. The molecule has 0 atom stereocenters. The first-order valence-corrected chi connectivity index (χ1v) is 7.95. The van der Waals surface area contributed by atoms with Crippen molar-refractivity contribution in [3.63, 3.8) is 0 Å². The molecule has 0 spiro atoms. The van der Waals surface area contributed by atoms with Crippen molar-refractivity contribution in [2.45, 2.75) is 31.8 Å². The number of sulfonamides is 1. The fraction of sp³-hybridized carbons (Fsp3) is 0.364. The fourth-order valence-corrected chi connectivity index (χ4v) is 3.51. The number of hydrogen-bond acceptors (Lipinski definition) is 4. The van der Waals surface area contributed by atoms with Crippen LogP contribution in [0.15, 0.2) is 28.6 Å². The lowest BCUT2D eigenvalue weighted by atomic mass is 10.5. The normalized spacial score (nSPS) is 11.9. The lowest BCUT2D eigenvalue weighted by Gasteiger charge is -2.03. The molecule has 18 heavy (non-hydrogen) atoms. The van der Waals surface area contributed by atoms with E-state index in [2.05, 4.69) is 9.82 Å². The van der Waals surface area contributed by atoms with Crippen LogP contribution in [0.4, 0.5) is 0 Å². The van der Waals surface area contributed by atoms with E-state index in [9.17, 15) is 8.42 Å². The van der Waals surface area contributed by atoms with E-state index in [-0.39, 0.29) is 4.90 Å². The minimum atomic E-state index is -3.48. The van der Waals surface area contributed by atoms with Gasteiger partial charge in [0.2, 0.25) is 10.0 Å². The smallest absolute Gasteiger partial charge is 0.244 e. The summed E-state index contributed by atoms with van der Waals surface area (Å²) in [6.45, 7) is 4.59. The van der Waals surface area contributed by atoms with E-state index in [1.807, 2.05) is 24.4 Å². The molecule has 2 aromatic rings. The first-order valence-electron chi connectivity index (χ1n) is 5.59. The monoisotopic (exact) mass is 285 g/mol. The first-order chi connectivity index (χ1) is 8.53. The van der Waals surface area contributed by atoms with Gasteiger partial charge in [0, 0.05) is 24.2 Å². The minimum Gasteiger partial charge on any atom is -0.271 e. The number of nitrogens with one attached hydrogen (secondary N) is 1. The quantitative estimate of drug-likeness (QED) is 0.910. The minimum absolute atomic E-state index is 0.251. The van der Waals surface area contributed by atoms with Gasteiger partial charge in [0.15, 0.2) is 0 Å². The molecule has 1 N–H and O–H groups in total. The van der Waals surface area contributed by atoms with Crippen LogP contribution in [-0.4, -0.2) is 18.2 Å². The van der Waals surface area contributed by atoms with Crippen LogP contribution in [0.1, 0.15) is 17.5 Å². The zero-order valence-corrected chi connectivity index (χ0v) is 11.9. The van der Waals surface area contributed by atoms with E-state index in [4.69, 9.17) is 0 Å². The highest BCUT2D eigenvalue weighted by molar-refractivity contribution is 7.89. The molecule has 0 saturated heterocycles. The van der Waals surface area contributed by atoms with Crippen LogP contribution in [0.25, 0.3) is 0 Å². The molecule has 2 rings (SSSR count). The maximum atomic E-state index is 12.1. The second kappa shape index (κ2) is 5.21. The molecular formula is C11H15N3O2S2. The number of rotatable bonds is 5. The summed E-state index contributed by atoms with van der Waals surface area (Å²) in [5.74, 6) is 0. The van der Waals surface area contributed by atoms with Gasteiger partial charge in [-0.15, -0.1) is 11.3 Å². The zero-order valence-electron chi connectivity index (χ0n) is 10.3. The Labute approximate surface area is 111 Å². The van der Waals surface area contributed by atoms with Gasteiger partial charge in [-0.1, -0.05) is 6.07 Å². The summed E-state index contributed by atoms with van der Waals surface area (Å²) < 4.78 is 28.4. The van der Waals surface area contributed by atoms with Crippen LogP contribution >= 0.6 is 11.3 Å². The summed E-state index contributed by atoms with van der Waals surface area (Å²) >= 11 is 1.52. The predicted octanol–water partition coefficient (Wildman–Crippen LogP) is 1.75. The molecule has 0 aromatic carbocycles. The van der Waals surface area contributed by atoms with Crippen LogP contribution < -0.4 is 4.72 Å². The van der Waals surface area contributed by atoms with Crippen molar-refractivity contribution < 1.29 is 8.42 Å². The molecule has 0 aliphatic rings. The van der Waals surface area contributed by atoms with Crippen molar-refractivity contribution in [3.8, 4) is 0 Å². The Bertz CT molecular complexity index is 615. The van der Waals surface area contributed by atoms with Crippen molar-refractivity contribution in [2.75, 3.05) is 0 Å². The maximum absolute atomic E-state index is 12.1. The summed E-state index contributed by atoms with van der Waals surface area (Å²) in [4.78, 5) is 1.24. The van der Waals surface area contributed by atoms with Gasteiger partial charge in [-0.05, 0) is 25.3 Å². The summed E-state index contributed by atoms with van der Waals surface area (Å²) in [5, 5.41) is 6.06. The third-order valence-corrected chi connectivity index (χ3v) is 4.91. The Morgan fingerprint density at radius 3 is 2.83 bits per heavy atom. The molecule has 0 amide bonds. The second-order valence-corrected chi connectivity index (χ2v) is 6.61. The van der Waals surface area contributed by atoms with Crippen LogP contribution in [0, 0.1) is 6.92 Å². The Kier molecular flexibility index (Phi) is 3.84. The predicted molar refractivity (Wildman–Crippen MR) is 71.0 cm³/mol. The van der Waals surface area contributed by atoms with Crippen LogP contribution in [0.5, 0.6) is 0 Å². The van der Waals surface area contributed by atoms with E-state index in [0.717, 1.165) is 4.88 Å². The van der Waals surface area contributed by atoms with E-state index >= 15 is 0 Å². The van der Waals surface area contributed by atoms with Crippen LogP contribution in [-0.2, 0) is 23.1 Å². The number of aryl methyl sites for hydroxylation is 2. The van der Waals surface area contributed by atoms with Crippen molar-refractivity contribution in [1.82, 2.24) is 14.5 Å². The van der Waals surface area contributed by atoms with Crippen molar-refractivity contribution >= 4 is 21.4 Å². The Balaban J connectivity index is 2.17. The van der Waals surface area contributed by atoms with E-state index in [0.29, 0.717) is 18.8 Å². The van der Waals surface area contributed by atoms with Gasteiger partial charge in [-0.3, -0.25) is 4.68 Å². The summed E-state index contributed by atoms with van der Waals surface area (Å²) in [7, 11) is -3.48. The Morgan fingerprint density at radius 2 is 2.28 bits per heavy atom. The molecule has 0 saturated carbocycles. The second-order valence-electron chi connectivity index (χ2n) is 3.84. The molecule has 0 aliphatic carbocycles. The lowest BCUT2D eigenvalue weighted by Crippen LogP contribution is -2.23. The van der Waals surface area contributed by atoms with Gasteiger partial charge < -0.3 is 0 Å². The molecule has 0 aliphatic heterocycles. The Morgan fingerprint density at radius 1 is 1.50 bits per heavy atom. The molecule has 0 fully saturated rings. The molecule has 2 aromatic heterocycles. The maximum Gasteiger partial charge on any atom is 0.244 e. The number of hydrogen-bond donors (Lipinski definition) is 1. The molecule has 0 radical (unpaired) electrons. The highest BCUT2D eigenvalue weighted by Gasteiger charge is 2.19. The fourth-order valence-electron chi connectivity index (χ4n) is 1.58. The van der Waals surface area contributed by atoms with E-state index < -0.39 is 10.0 Å². The van der Waals surface area contributed by atoms with Gasteiger partial charge in [0.1, 0.15) is 4.90 Å². The average molecular weight is 285 g/mol. The van der Waals surface area contributed by atoms with Crippen molar-refractivity contribution in [1.29, 1.82) is 0 Å². The van der Waals surface area contributed by atoms with E-state index in [1.54, 1.807) is 17.8 Å². The molecule has 2 heterocycles. The number of nitrogens with zero attached hydrogens (tertiary/aromatic N) is 2. The highest BCUT2D eigenvalue weighted by atomic mass is 32.2. The molecule has 5 nitrogen and oxygen atoms in total. The summed E-state index contributed by atoms with van der Waals surface area (Å²) in [5.41, 5.74) is 0.524. The lowest BCUT2D eigenvalue weighted by molar-refractivity contribution is 0.581. The largest absolute Gasteiger partial charge is 0.271 e. The molecular weight excluding hydrogens is 270 g/mol. The number of aromatic nitrogens is 2. The summed E-state index contributed by atoms with van der Waals surface area (Å²) in [6.07, 6.45) is 1.56. The van der Waals surface area contributed by atoms with Gasteiger partial charge in [0.05, 0.1) is 5.69 Å². The molecule has 0 bridgehead atoms. The topological polar surface area (TPSA) is 64.0 Å². The Hall–Kier alpha value is -1.18. The SMILES string of the molecule is CCn1cc(S(=O)(=O)NCc2cccs2)c(C)n1. The zero-order chi connectivity index (χ0) is 13.2. The average Bonchev–Trinajstić information content (AvgIpc) is 2.95.